The molecule has 0 saturated carbocycles. The molecule has 0 radical (unpaired) electrons. The number of halogens is 3. The second-order valence-corrected chi connectivity index (χ2v) is 7.79. The standard InChI is InChI=1S/C17H28F2N4O2S.HI/c1-5-20-17(21-10-11-26(24,25)23(6-2)7-3)22-13(4)14-8-9-15(18)16(19)12-14;/h8-9,12-13H,5-7,10-11H2,1-4H3,(H2,20,21,22);1H. The number of sulfonamides is 1. The maximum Gasteiger partial charge on any atom is 0.215 e. The third kappa shape index (κ3) is 8.26. The molecule has 1 atom stereocenters. The lowest BCUT2D eigenvalue weighted by Crippen LogP contribution is -2.39. The van der Waals surface area contributed by atoms with Gasteiger partial charge in [-0.05, 0) is 31.5 Å². The van der Waals surface area contributed by atoms with Crippen LogP contribution in [0.3, 0.4) is 0 Å². The van der Waals surface area contributed by atoms with Crippen LogP contribution in [0.25, 0.3) is 0 Å². The van der Waals surface area contributed by atoms with E-state index in [-0.39, 0.29) is 42.3 Å². The predicted octanol–water partition coefficient (Wildman–Crippen LogP) is 2.87. The zero-order valence-corrected chi connectivity index (χ0v) is 19.3. The van der Waals surface area contributed by atoms with Crippen LogP contribution >= 0.6 is 24.0 Å². The minimum atomic E-state index is -3.34. The van der Waals surface area contributed by atoms with Crippen molar-refractivity contribution in [3.8, 4) is 0 Å². The summed E-state index contributed by atoms with van der Waals surface area (Å²) in [7, 11) is -3.34. The van der Waals surface area contributed by atoms with Gasteiger partial charge in [0.2, 0.25) is 10.0 Å². The van der Waals surface area contributed by atoms with Gasteiger partial charge in [-0.3, -0.25) is 4.99 Å². The Hall–Kier alpha value is -1.01. The summed E-state index contributed by atoms with van der Waals surface area (Å²) in [5.41, 5.74) is 0.560. The van der Waals surface area contributed by atoms with Crippen LogP contribution in [-0.2, 0) is 10.0 Å². The number of hydrogen-bond acceptors (Lipinski definition) is 3. The molecule has 27 heavy (non-hydrogen) atoms. The highest BCUT2D eigenvalue weighted by atomic mass is 127. The quantitative estimate of drug-likeness (QED) is 0.300. The van der Waals surface area contributed by atoms with Crippen LogP contribution in [0.4, 0.5) is 8.78 Å². The van der Waals surface area contributed by atoms with Crippen LogP contribution in [-0.4, -0.2) is 50.6 Å². The molecule has 156 valence electrons. The Morgan fingerprint density at radius 3 is 2.33 bits per heavy atom. The summed E-state index contributed by atoms with van der Waals surface area (Å²) < 4.78 is 52.2. The minimum absolute atomic E-state index is 0. The number of hydrogen-bond donors (Lipinski definition) is 2. The third-order valence-corrected chi connectivity index (χ3v) is 5.86. The lowest BCUT2D eigenvalue weighted by Gasteiger charge is -2.19. The maximum absolute atomic E-state index is 13.4. The summed E-state index contributed by atoms with van der Waals surface area (Å²) in [6, 6.07) is 3.36. The largest absolute Gasteiger partial charge is 0.357 e. The van der Waals surface area contributed by atoms with Crippen LogP contribution in [0.5, 0.6) is 0 Å². The van der Waals surface area contributed by atoms with E-state index in [2.05, 4.69) is 15.6 Å². The lowest BCUT2D eigenvalue weighted by molar-refractivity contribution is 0.445. The van der Waals surface area contributed by atoms with Crippen molar-refractivity contribution in [2.75, 3.05) is 31.9 Å². The Labute approximate surface area is 177 Å². The number of aliphatic imine (C=N–C) groups is 1. The maximum atomic E-state index is 13.4. The van der Waals surface area contributed by atoms with Crippen molar-refractivity contribution >= 4 is 40.0 Å². The molecule has 0 fully saturated rings. The molecule has 0 aliphatic rings. The lowest BCUT2D eigenvalue weighted by atomic mass is 10.1. The predicted molar refractivity (Wildman–Crippen MR) is 116 cm³/mol. The molecule has 0 heterocycles. The highest BCUT2D eigenvalue weighted by Crippen LogP contribution is 2.15. The number of nitrogens with zero attached hydrogens (tertiary/aromatic N) is 2. The van der Waals surface area contributed by atoms with Gasteiger partial charge in [-0.2, -0.15) is 0 Å². The van der Waals surface area contributed by atoms with Gasteiger partial charge in [0.15, 0.2) is 17.6 Å². The molecule has 0 amide bonds. The van der Waals surface area contributed by atoms with Crippen molar-refractivity contribution in [1.82, 2.24) is 14.9 Å². The Bertz CT molecular complexity index is 713. The first-order valence-corrected chi connectivity index (χ1v) is 10.3. The molecule has 0 saturated heterocycles. The topological polar surface area (TPSA) is 73.8 Å². The third-order valence-electron chi connectivity index (χ3n) is 3.86. The average molecular weight is 518 g/mol. The summed E-state index contributed by atoms with van der Waals surface area (Å²) in [6.45, 7) is 8.77. The van der Waals surface area contributed by atoms with E-state index in [1.165, 1.54) is 10.4 Å². The number of rotatable bonds is 9. The molecule has 2 N–H and O–H groups in total. The Kier molecular flexibility index (Phi) is 12.0. The molecule has 1 rings (SSSR count). The van der Waals surface area contributed by atoms with E-state index in [0.29, 0.717) is 31.2 Å². The van der Waals surface area contributed by atoms with Gasteiger partial charge in [0.1, 0.15) is 0 Å². The van der Waals surface area contributed by atoms with Crippen LogP contribution in [0.2, 0.25) is 0 Å². The SMILES string of the molecule is CCNC(=NCCS(=O)(=O)N(CC)CC)NC(C)c1ccc(F)c(F)c1.I. The van der Waals surface area contributed by atoms with Gasteiger partial charge >= 0.3 is 0 Å². The average Bonchev–Trinajstić information content (AvgIpc) is 2.58. The first-order chi connectivity index (χ1) is 12.2. The highest BCUT2D eigenvalue weighted by Gasteiger charge is 2.18. The number of guanidine groups is 1. The zero-order valence-electron chi connectivity index (χ0n) is 16.1. The van der Waals surface area contributed by atoms with Crippen molar-refractivity contribution in [3.05, 3.63) is 35.4 Å². The first kappa shape index (κ1) is 26.0. The second-order valence-electron chi connectivity index (χ2n) is 5.70. The molecule has 1 unspecified atom stereocenters. The van der Waals surface area contributed by atoms with Crippen molar-refractivity contribution < 1.29 is 17.2 Å². The fourth-order valence-corrected chi connectivity index (χ4v) is 3.78. The van der Waals surface area contributed by atoms with Crippen LogP contribution in [0.1, 0.15) is 39.3 Å². The van der Waals surface area contributed by atoms with E-state index in [4.69, 9.17) is 0 Å². The van der Waals surface area contributed by atoms with Gasteiger partial charge in [0.25, 0.3) is 0 Å². The van der Waals surface area contributed by atoms with Crippen molar-refractivity contribution in [1.29, 1.82) is 0 Å². The molecule has 10 heteroatoms. The smallest absolute Gasteiger partial charge is 0.215 e. The summed E-state index contributed by atoms with van der Waals surface area (Å²) in [6.07, 6.45) is 0. The summed E-state index contributed by atoms with van der Waals surface area (Å²) in [4.78, 5) is 4.28. The molecular weight excluding hydrogens is 489 g/mol. The van der Waals surface area contributed by atoms with E-state index >= 15 is 0 Å². The fourth-order valence-electron chi connectivity index (χ4n) is 2.41. The van der Waals surface area contributed by atoms with Gasteiger partial charge in [-0.15, -0.1) is 24.0 Å². The van der Waals surface area contributed by atoms with E-state index in [9.17, 15) is 17.2 Å². The van der Waals surface area contributed by atoms with E-state index in [0.717, 1.165) is 12.1 Å². The summed E-state index contributed by atoms with van der Waals surface area (Å²) in [5, 5.41) is 6.08. The van der Waals surface area contributed by atoms with Crippen molar-refractivity contribution in [2.24, 2.45) is 4.99 Å². The highest BCUT2D eigenvalue weighted by molar-refractivity contribution is 14.0. The second kappa shape index (κ2) is 12.4. The molecule has 0 aromatic heterocycles. The van der Waals surface area contributed by atoms with Gasteiger partial charge in [0.05, 0.1) is 18.3 Å². The Morgan fingerprint density at radius 2 is 1.81 bits per heavy atom. The number of nitrogens with one attached hydrogen (secondary N) is 2. The molecule has 0 aliphatic heterocycles. The monoisotopic (exact) mass is 518 g/mol. The summed E-state index contributed by atoms with van der Waals surface area (Å²) >= 11 is 0. The molecule has 0 bridgehead atoms. The van der Waals surface area contributed by atoms with Gasteiger partial charge in [-0.1, -0.05) is 19.9 Å². The molecule has 0 aliphatic carbocycles. The molecule has 0 spiro atoms. The molecule has 1 aromatic rings. The molecule has 6 nitrogen and oxygen atoms in total. The number of benzene rings is 1. The molecular formula is C17H29F2IN4O2S. The normalized spacial score (nSPS) is 13.2. The summed E-state index contributed by atoms with van der Waals surface area (Å²) in [5.74, 6) is -1.49. The first-order valence-electron chi connectivity index (χ1n) is 8.72. The van der Waals surface area contributed by atoms with Gasteiger partial charge < -0.3 is 10.6 Å². The van der Waals surface area contributed by atoms with Crippen molar-refractivity contribution in [3.63, 3.8) is 0 Å². The van der Waals surface area contributed by atoms with E-state index < -0.39 is 21.7 Å². The van der Waals surface area contributed by atoms with Crippen LogP contribution in [0, 0.1) is 11.6 Å². The Balaban J connectivity index is 0.00000676. The fraction of sp³-hybridized carbons (Fsp3) is 0.588. The Morgan fingerprint density at radius 1 is 1.19 bits per heavy atom. The van der Waals surface area contributed by atoms with Crippen LogP contribution in [0.15, 0.2) is 23.2 Å². The van der Waals surface area contributed by atoms with E-state index in [1.54, 1.807) is 20.8 Å². The van der Waals surface area contributed by atoms with Gasteiger partial charge in [0, 0.05) is 19.6 Å². The van der Waals surface area contributed by atoms with Gasteiger partial charge in [-0.25, -0.2) is 21.5 Å². The van der Waals surface area contributed by atoms with E-state index in [1.807, 2.05) is 6.92 Å². The minimum Gasteiger partial charge on any atom is -0.357 e. The van der Waals surface area contributed by atoms with Crippen LogP contribution < -0.4 is 10.6 Å². The molecule has 1 aromatic carbocycles. The zero-order chi connectivity index (χ0) is 19.7. The van der Waals surface area contributed by atoms with Crippen molar-refractivity contribution in [2.45, 2.75) is 33.7 Å².